The number of hydrogen-bond donors (Lipinski definition) is 1. The zero-order valence-electron chi connectivity index (χ0n) is 11.9. The summed E-state index contributed by atoms with van der Waals surface area (Å²) in [4.78, 5) is 2.23. The quantitative estimate of drug-likeness (QED) is 0.709. The molecule has 108 valence electrons. The molecule has 0 unspecified atom stereocenters. The second kappa shape index (κ2) is 9.48. The highest BCUT2D eigenvalue weighted by molar-refractivity contribution is 7.98. The maximum Gasteiger partial charge on any atom is 0.0587 e. The van der Waals surface area contributed by atoms with Crippen LogP contribution in [0, 0.1) is 0 Å². The Labute approximate surface area is 125 Å². The van der Waals surface area contributed by atoms with Crippen LogP contribution in [0.25, 0.3) is 0 Å². The van der Waals surface area contributed by atoms with Gasteiger partial charge in [0.25, 0.3) is 0 Å². The van der Waals surface area contributed by atoms with Gasteiger partial charge in [0.2, 0.25) is 0 Å². The van der Waals surface area contributed by atoms with E-state index < -0.39 is 0 Å². The van der Waals surface area contributed by atoms with Crippen LogP contribution in [-0.4, -0.2) is 45.9 Å². The van der Waals surface area contributed by atoms with E-state index in [1.165, 1.54) is 5.69 Å². The van der Waals surface area contributed by atoms with Crippen molar-refractivity contribution in [2.75, 3.05) is 50.8 Å². The van der Waals surface area contributed by atoms with Gasteiger partial charge in [0, 0.05) is 50.3 Å². The first kappa shape index (κ1) is 16.6. The van der Waals surface area contributed by atoms with Gasteiger partial charge >= 0.3 is 0 Å². The first-order chi connectivity index (χ1) is 9.19. The summed E-state index contributed by atoms with van der Waals surface area (Å²) in [6.07, 6.45) is 2.12. The molecule has 0 aliphatic rings. The highest BCUT2D eigenvalue weighted by Gasteiger charge is 2.05. The minimum Gasteiger partial charge on any atom is -0.383 e. The van der Waals surface area contributed by atoms with Crippen molar-refractivity contribution in [1.29, 1.82) is 0 Å². The molecule has 0 aliphatic heterocycles. The van der Waals surface area contributed by atoms with Crippen LogP contribution in [0.4, 0.5) is 5.69 Å². The second-order valence-electron chi connectivity index (χ2n) is 4.36. The van der Waals surface area contributed by atoms with Crippen molar-refractivity contribution in [3.05, 3.63) is 28.8 Å². The lowest BCUT2D eigenvalue weighted by Gasteiger charge is -2.19. The summed E-state index contributed by atoms with van der Waals surface area (Å²) in [5.41, 5.74) is 2.29. The van der Waals surface area contributed by atoms with E-state index >= 15 is 0 Å². The zero-order valence-corrected chi connectivity index (χ0v) is 13.5. The van der Waals surface area contributed by atoms with Gasteiger partial charge in [-0.05, 0) is 24.0 Å². The van der Waals surface area contributed by atoms with Crippen LogP contribution in [0.1, 0.15) is 5.56 Å². The van der Waals surface area contributed by atoms with Gasteiger partial charge in [-0.3, -0.25) is 0 Å². The minimum atomic E-state index is 0.715. The Balaban J connectivity index is 2.53. The van der Waals surface area contributed by atoms with Crippen LogP contribution in [-0.2, 0) is 11.3 Å². The van der Waals surface area contributed by atoms with E-state index in [0.717, 1.165) is 36.0 Å². The van der Waals surface area contributed by atoms with Gasteiger partial charge in [-0.15, -0.1) is 0 Å². The average Bonchev–Trinajstić information content (AvgIpc) is 2.42. The minimum absolute atomic E-state index is 0.715. The van der Waals surface area contributed by atoms with Crippen molar-refractivity contribution < 1.29 is 4.74 Å². The molecule has 0 saturated carbocycles. The molecule has 0 saturated heterocycles. The number of anilines is 1. The van der Waals surface area contributed by atoms with Gasteiger partial charge in [-0.2, -0.15) is 11.8 Å². The molecule has 5 heteroatoms. The van der Waals surface area contributed by atoms with Crippen LogP contribution in [0.5, 0.6) is 0 Å². The topological polar surface area (TPSA) is 24.5 Å². The van der Waals surface area contributed by atoms with Crippen molar-refractivity contribution in [3.8, 4) is 0 Å². The van der Waals surface area contributed by atoms with Crippen LogP contribution in [0.2, 0.25) is 5.02 Å². The third kappa shape index (κ3) is 6.04. The first-order valence-electron chi connectivity index (χ1n) is 6.37. The average molecular weight is 303 g/mol. The Morgan fingerprint density at radius 2 is 2.21 bits per heavy atom. The number of nitrogens with one attached hydrogen (secondary N) is 1. The molecule has 0 fully saturated rings. The van der Waals surface area contributed by atoms with Crippen molar-refractivity contribution >= 4 is 29.1 Å². The molecule has 1 aromatic rings. The SMILES string of the molecule is COCCNCc1ccc(N(C)CCSC)cc1Cl. The second-order valence-corrected chi connectivity index (χ2v) is 5.75. The lowest BCUT2D eigenvalue weighted by atomic mass is 10.2. The summed E-state index contributed by atoms with van der Waals surface area (Å²) in [6, 6.07) is 6.25. The summed E-state index contributed by atoms with van der Waals surface area (Å²) in [6.45, 7) is 3.36. The Kier molecular flexibility index (Phi) is 8.30. The smallest absolute Gasteiger partial charge is 0.0587 e. The molecule has 3 nitrogen and oxygen atoms in total. The molecule has 0 aromatic heterocycles. The number of rotatable bonds is 9. The molecular weight excluding hydrogens is 280 g/mol. The maximum atomic E-state index is 6.32. The van der Waals surface area contributed by atoms with Gasteiger partial charge in [0.05, 0.1) is 6.61 Å². The summed E-state index contributed by atoms with van der Waals surface area (Å²) in [5.74, 6) is 1.12. The lowest BCUT2D eigenvalue weighted by Crippen LogP contribution is -2.21. The number of ether oxygens (including phenoxy) is 1. The van der Waals surface area contributed by atoms with E-state index in [0.29, 0.717) is 6.61 Å². The molecule has 0 spiro atoms. The number of nitrogens with zero attached hydrogens (tertiary/aromatic N) is 1. The Bertz CT molecular complexity index is 376. The molecule has 1 N–H and O–H groups in total. The van der Waals surface area contributed by atoms with E-state index in [4.69, 9.17) is 16.3 Å². The van der Waals surface area contributed by atoms with Crippen LogP contribution < -0.4 is 10.2 Å². The number of methoxy groups -OCH3 is 1. The molecular formula is C14H23ClN2OS. The van der Waals surface area contributed by atoms with Gasteiger partial charge in [0.1, 0.15) is 0 Å². The molecule has 1 rings (SSSR count). The molecule has 0 heterocycles. The maximum absolute atomic E-state index is 6.32. The third-order valence-electron chi connectivity index (χ3n) is 2.91. The predicted octanol–water partition coefficient (Wildman–Crippen LogP) is 2.88. The van der Waals surface area contributed by atoms with Gasteiger partial charge in [-0.25, -0.2) is 0 Å². The normalized spacial score (nSPS) is 10.7. The van der Waals surface area contributed by atoms with Crippen LogP contribution in [0.3, 0.4) is 0 Å². The number of benzene rings is 1. The number of thioether (sulfide) groups is 1. The Morgan fingerprint density at radius 3 is 2.84 bits per heavy atom. The van der Waals surface area contributed by atoms with Crippen LogP contribution >= 0.6 is 23.4 Å². The van der Waals surface area contributed by atoms with Crippen molar-refractivity contribution in [2.45, 2.75) is 6.54 Å². The predicted molar refractivity (Wildman–Crippen MR) is 86.7 cm³/mol. The van der Waals surface area contributed by atoms with E-state index in [1.807, 2.05) is 17.8 Å². The highest BCUT2D eigenvalue weighted by Crippen LogP contribution is 2.23. The van der Waals surface area contributed by atoms with Gasteiger partial charge < -0.3 is 15.0 Å². The lowest BCUT2D eigenvalue weighted by molar-refractivity contribution is 0.199. The molecule has 0 atom stereocenters. The molecule has 0 bridgehead atoms. The molecule has 0 amide bonds. The van der Waals surface area contributed by atoms with E-state index in [9.17, 15) is 0 Å². The summed E-state index contributed by atoms with van der Waals surface area (Å²) >= 11 is 8.17. The van der Waals surface area contributed by atoms with Gasteiger partial charge in [-0.1, -0.05) is 17.7 Å². The largest absolute Gasteiger partial charge is 0.383 e. The summed E-state index contributed by atoms with van der Waals surface area (Å²) < 4.78 is 4.99. The number of hydrogen-bond acceptors (Lipinski definition) is 4. The fourth-order valence-corrected chi connectivity index (χ4v) is 2.37. The monoisotopic (exact) mass is 302 g/mol. The molecule has 0 aliphatic carbocycles. The van der Waals surface area contributed by atoms with E-state index in [2.05, 4.69) is 35.7 Å². The fourth-order valence-electron chi connectivity index (χ4n) is 1.67. The fraction of sp³-hybridized carbons (Fsp3) is 0.571. The molecule has 1 aromatic carbocycles. The van der Waals surface area contributed by atoms with Crippen molar-refractivity contribution in [3.63, 3.8) is 0 Å². The molecule has 19 heavy (non-hydrogen) atoms. The molecule has 0 radical (unpaired) electrons. The highest BCUT2D eigenvalue weighted by atomic mass is 35.5. The summed E-state index contributed by atoms with van der Waals surface area (Å²) in [5, 5.41) is 4.12. The Hall–Kier alpha value is -0.420. The van der Waals surface area contributed by atoms with Crippen molar-refractivity contribution in [2.24, 2.45) is 0 Å². The number of halogens is 1. The third-order valence-corrected chi connectivity index (χ3v) is 3.85. The van der Waals surface area contributed by atoms with Crippen LogP contribution in [0.15, 0.2) is 18.2 Å². The van der Waals surface area contributed by atoms with E-state index in [1.54, 1.807) is 7.11 Å². The van der Waals surface area contributed by atoms with E-state index in [-0.39, 0.29) is 0 Å². The first-order valence-corrected chi connectivity index (χ1v) is 8.14. The standard InChI is InChI=1S/C14H23ClN2OS/c1-17(7-9-19-3)13-5-4-12(14(15)10-13)11-16-6-8-18-2/h4-5,10,16H,6-9,11H2,1-3H3. The Morgan fingerprint density at radius 1 is 1.42 bits per heavy atom. The summed E-state index contributed by atoms with van der Waals surface area (Å²) in [7, 11) is 3.80. The zero-order chi connectivity index (χ0) is 14.1. The van der Waals surface area contributed by atoms with Gasteiger partial charge in [0.15, 0.2) is 0 Å². The van der Waals surface area contributed by atoms with Crippen molar-refractivity contribution in [1.82, 2.24) is 5.32 Å².